The molecule has 1 aromatic carbocycles. The first-order valence-electron chi connectivity index (χ1n) is 5.86. The third-order valence-electron chi connectivity index (χ3n) is 3.21. The Hall–Kier alpha value is -1.24. The lowest BCUT2D eigenvalue weighted by Gasteiger charge is -2.22. The molecule has 0 aromatic heterocycles. The number of benzene rings is 1. The van der Waals surface area contributed by atoms with Crippen molar-refractivity contribution in [3.8, 4) is 0 Å². The van der Waals surface area contributed by atoms with Gasteiger partial charge in [0.1, 0.15) is 0 Å². The first-order valence-corrected chi connectivity index (χ1v) is 5.86. The van der Waals surface area contributed by atoms with E-state index in [2.05, 4.69) is 36.6 Å². The maximum atomic E-state index is 3.89. The van der Waals surface area contributed by atoms with Crippen LogP contribution in [0.25, 0.3) is 6.08 Å². The highest BCUT2D eigenvalue weighted by Crippen LogP contribution is 2.28. The Bertz CT molecular complexity index is 348. The molecule has 1 fully saturated rings. The van der Waals surface area contributed by atoms with Crippen LogP contribution in [0, 0.1) is 0 Å². The Labute approximate surface area is 92.4 Å². The van der Waals surface area contributed by atoms with Crippen molar-refractivity contribution in [3.05, 3.63) is 35.9 Å². The fourth-order valence-electron chi connectivity index (χ4n) is 2.42. The first-order chi connectivity index (χ1) is 7.36. The van der Waals surface area contributed by atoms with Gasteiger partial charge >= 0.3 is 0 Å². The summed E-state index contributed by atoms with van der Waals surface area (Å²) in [5, 5.41) is 0. The van der Waals surface area contributed by atoms with E-state index in [-0.39, 0.29) is 0 Å². The summed E-state index contributed by atoms with van der Waals surface area (Å²) in [4.78, 5) is 2.51. The zero-order chi connectivity index (χ0) is 10.7. The Morgan fingerprint density at radius 2 is 2.07 bits per heavy atom. The molecule has 0 aliphatic carbocycles. The summed E-state index contributed by atoms with van der Waals surface area (Å²) in [5.74, 6) is 0. The molecule has 1 saturated heterocycles. The minimum absolute atomic E-state index is 1.09. The lowest BCUT2D eigenvalue weighted by atomic mass is 10.0. The first kappa shape index (κ1) is 10.3. The van der Waals surface area contributed by atoms with Crippen LogP contribution in [0.15, 0.2) is 24.8 Å². The zero-order valence-electron chi connectivity index (χ0n) is 9.50. The summed E-state index contributed by atoms with van der Waals surface area (Å²) in [6.45, 7) is 8.54. The smallest absolute Gasteiger partial charge is 0.0404 e. The second kappa shape index (κ2) is 4.52. The lowest BCUT2D eigenvalue weighted by molar-refractivity contribution is 0.947. The van der Waals surface area contributed by atoms with Crippen molar-refractivity contribution in [3.63, 3.8) is 0 Å². The van der Waals surface area contributed by atoms with E-state index in [1.54, 1.807) is 0 Å². The third-order valence-corrected chi connectivity index (χ3v) is 3.21. The van der Waals surface area contributed by atoms with Crippen LogP contribution in [0.5, 0.6) is 0 Å². The normalized spacial score (nSPS) is 15.7. The van der Waals surface area contributed by atoms with E-state index in [0.717, 1.165) is 6.42 Å². The molecule has 1 heterocycles. The Balaban J connectivity index is 2.40. The minimum atomic E-state index is 1.09. The minimum Gasteiger partial charge on any atom is -0.371 e. The molecule has 0 spiro atoms. The highest BCUT2D eigenvalue weighted by Gasteiger charge is 2.15. The van der Waals surface area contributed by atoms with Crippen LogP contribution in [-0.4, -0.2) is 13.1 Å². The van der Waals surface area contributed by atoms with Gasteiger partial charge < -0.3 is 4.90 Å². The number of hydrogen-bond donors (Lipinski definition) is 0. The third kappa shape index (κ3) is 1.92. The van der Waals surface area contributed by atoms with Crippen LogP contribution in [0.4, 0.5) is 5.69 Å². The molecule has 1 heteroatoms. The summed E-state index contributed by atoms with van der Waals surface area (Å²) in [6, 6.07) is 6.55. The van der Waals surface area contributed by atoms with E-state index < -0.39 is 0 Å². The van der Waals surface area contributed by atoms with E-state index in [4.69, 9.17) is 0 Å². The number of hydrogen-bond acceptors (Lipinski definition) is 1. The fourth-order valence-corrected chi connectivity index (χ4v) is 2.42. The van der Waals surface area contributed by atoms with Crippen LogP contribution in [0.3, 0.4) is 0 Å². The molecule has 0 bridgehead atoms. The van der Waals surface area contributed by atoms with Gasteiger partial charge in [-0.25, -0.2) is 0 Å². The molecule has 0 atom stereocenters. The predicted octanol–water partition coefficient (Wildman–Crippen LogP) is 3.49. The summed E-state index contributed by atoms with van der Waals surface area (Å²) < 4.78 is 0. The molecule has 1 aliphatic rings. The van der Waals surface area contributed by atoms with Gasteiger partial charge in [-0.2, -0.15) is 0 Å². The van der Waals surface area contributed by atoms with E-state index in [9.17, 15) is 0 Å². The quantitative estimate of drug-likeness (QED) is 0.723. The largest absolute Gasteiger partial charge is 0.371 e. The van der Waals surface area contributed by atoms with Crippen molar-refractivity contribution in [2.45, 2.75) is 26.2 Å². The fraction of sp³-hybridized carbons (Fsp3) is 0.429. The molecular weight excluding hydrogens is 182 g/mol. The Morgan fingerprint density at radius 1 is 1.33 bits per heavy atom. The number of rotatable bonds is 3. The molecule has 0 saturated carbocycles. The molecule has 1 aromatic rings. The number of nitrogens with zero attached hydrogens (tertiary/aromatic N) is 1. The van der Waals surface area contributed by atoms with Crippen molar-refractivity contribution in [1.82, 2.24) is 0 Å². The topological polar surface area (TPSA) is 3.24 Å². The van der Waals surface area contributed by atoms with E-state index >= 15 is 0 Å². The van der Waals surface area contributed by atoms with Crippen LogP contribution in [0.2, 0.25) is 0 Å². The van der Waals surface area contributed by atoms with E-state index in [1.165, 1.54) is 42.7 Å². The second-order valence-corrected chi connectivity index (χ2v) is 4.10. The molecule has 80 valence electrons. The van der Waals surface area contributed by atoms with Crippen molar-refractivity contribution in [1.29, 1.82) is 0 Å². The van der Waals surface area contributed by atoms with Gasteiger partial charge in [-0.3, -0.25) is 0 Å². The number of anilines is 1. The van der Waals surface area contributed by atoms with Crippen molar-refractivity contribution in [2.24, 2.45) is 0 Å². The summed E-state index contributed by atoms with van der Waals surface area (Å²) >= 11 is 0. The molecule has 15 heavy (non-hydrogen) atoms. The van der Waals surface area contributed by atoms with Gasteiger partial charge in [0.2, 0.25) is 0 Å². The molecule has 0 N–H and O–H groups in total. The van der Waals surface area contributed by atoms with E-state index in [1.807, 2.05) is 6.08 Å². The average molecular weight is 201 g/mol. The van der Waals surface area contributed by atoms with Crippen molar-refractivity contribution < 1.29 is 0 Å². The highest BCUT2D eigenvalue weighted by atomic mass is 15.1. The molecule has 0 amide bonds. The summed E-state index contributed by atoms with van der Waals surface area (Å²) in [7, 11) is 0. The molecule has 1 nitrogen and oxygen atoms in total. The SMILES string of the molecule is C=Cc1cccc(N2CCCC2)c1CC. The summed E-state index contributed by atoms with van der Waals surface area (Å²) in [6.07, 6.45) is 5.73. The molecular formula is C14H19N. The molecule has 0 radical (unpaired) electrons. The van der Waals surface area contributed by atoms with Gasteiger partial charge in [0.25, 0.3) is 0 Å². The standard InChI is InChI=1S/C14H19N/c1-3-12-8-7-9-14(13(12)4-2)15-10-5-6-11-15/h3,7-9H,1,4-6,10-11H2,2H3. The molecule has 1 aliphatic heterocycles. The van der Waals surface area contributed by atoms with Crippen LogP contribution < -0.4 is 4.90 Å². The predicted molar refractivity (Wildman–Crippen MR) is 67.4 cm³/mol. The highest BCUT2D eigenvalue weighted by molar-refractivity contribution is 5.65. The van der Waals surface area contributed by atoms with E-state index in [0.29, 0.717) is 0 Å². The molecule has 2 rings (SSSR count). The summed E-state index contributed by atoms with van der Waals surface area (Å²) in [5.41, 5.74) is 4.17. The van der Waals surface area contributed by atoms with Gasteiger partial charge in [0.15, 0.2) is 0 Å². The second-order valence-electron chi connectivity index (χ2n) is 4.10. The van der Waals surface area contributed by atoms with Gasteiger partial charge in [-0.1, -0.05) is 31.7 Å². The maximum Gasteiger partial charge on any atom is 0.0404 e. The maximum absolute atomic E-state index is 3.89. The lowest BCUT2D eigenvalue weighted by Crippen LogP contribution is -2.19. The van der Waals surface area contributed by atoms with Gasteiger partial charge in [-0.05, 0) is 36.5 Å². The van der Waals surface area contributed by atoms with Gasteiger partial charge in [-0.15, -0.1) is 0 Å². The monoisotopic (exact) mass is 201 g/mol. The average Bonchev–Trinajstić information content (AvgIpc) is 2.81. The van der Waals surface area contributed by atoms with Crippen molar-refractivity contribution in [2.75, 3.05) is 18.0 Å². The van der Waals surface area contributed by atoms with Crippen molar-refractivity contribution >= 4 is 11.8 Å². The van der Waals surface area contributed by atoms with Crippen LogP contribution in [0.1, 0.15) is 30.9 Å². The van der Waals surface area contributed by atoms with Crippen LogP contribution in [-0.2, 0) is 6.42 Å². The Morgan fingerprint density at radius 3 is 2.67 bits per heavy atom. The Kier molecular flexibility index (Phi) is 3.10. The zero-order valence-corrected chi connectivity index (χ0v) is 9.50. The van der Waals surface area contributed by atoms with Gasteiger partial charge in [0.05, 0.1) is 0 Å². The molecule has 0 unspecified atom stereocenters. The van der Waals surface area contributed by atoms with Gasteiger partial charge in [0, 0.05) is 18.8 Å². The van der Waals surface area contributed by atoms with Crippen LogP contribution >= 0.6 is 0 Å².